The predicted octanol–water partition coefficient (Wildman–Crippen LogP) is 6.22. The van der Waals surface area contributed by atoms with E-state index in [1.807, 2.05) is 12.1 Å². The standard InChI is InChI=1S/C29H30Cl2F3N3O3/c30-25-3-1-18(14-26(25)31)13-19-6-10-37(16-20(19)17-38)21-7-11-36(12-8-21)28(39)23-5-9-35-27-4-2-22(15-24(23)27)40-29(32,33)34/h1-5,9,14-15,19-21,38H,6-8,10-13,16-17H2. The molecule has 5 rings (SSSR count). The van der Waals surface area contributed by atoms with Crippen molar-refractivity contribution >= 4 is 40.0 Å². The van der Waals surface area contributed by atoms with Crippen molar-refractivity contribution in [3.05, 3.63) is 69.8 Å². The Morgan fingerprint density at radius 3 is 2.48 bits per heavy atom. The monoisotopic (exact) mass is 595 g/mol. The van der Waals surface area contributed by atoms with E-state index < -0.39 is 6.36 Å². The first-order valence-corrected chi connectivity index (χ1v) is 14.1. The number of aliphatic hydroxyl groups excluding tert-OH is 1. The van der Waals surface area contributed by atoms with Crippen LogP contribution < -0.4 is 4.74 Å². The van der Waals surface area contributed by atoms with Crippen LogP contribution >= 0.6 is 23.2 Å². The van der Waals surface area contributed by atoms with Crippen LogP contribution in [-0.2, 0) is 6.42 Å². The zero-order chi connectivity index (χ0) is 28.4. The number of likely N-dealkylation sites (tertiary alicyclic amines) is 2. The van der Waals surface area contributed by atoms with Gasteiger partial charge in [-0.2, -0.15) is 0 Å². The molecule has 0 saturated carbocycles. The van der Waals surface area contributed by atoms with Crippen LogP contribution in [0, 0.1) is 11.8 Å². The van der Waals surface area contributed by atoms with E-state index in [0.29, 0.717) is 51.6 Å². The number of rotatable bonds is 6. The van der Waals surface area contributed by atoms with E-state index in [9.17, 15) is 23.1 Å². The molecule has 0 radical (unpaired) electrons. The number of carbonyl (C=O) groups excluding carboxylic acids is 1. The second-order valence-corrected chi connectivity index (χ2v) is 11.4. The van der Waals surface area contributed by atoms with E-state index >= 15 is 0 Å². The number of alkyl halides is 3. The van der Waals surface area contributed by atoms with Gasteiger partial charge in [-0.05, 0) is 86.0 Å². The lowest BCUT2D eigenvalue weighted by atomic mass is 9.80. The summed E-state index contributed by atoms with van der Waals surface area (Å²) in [5.41, 5.74) is 1.84. The van der Waals surface area contributed by atoms with Gasteiger partial charge in [-0.25, -0.2) is 0 Å². The maximum Gasteiger partial charge on any atom is 0.573 e. The van der Waals surface area contributed by atoms with Crippen LogP contribution in [0.3, 0.4) is 0 Å². The number of hydrogen-bond donors (Lipinski definition) is 1. The third-order valence-electron chi connectivity index (χ3n) is 8.08. The molecule has 11 heteroatoms. The fourth-order valence-corrected chi connectivity index (χ4v) is 6.32. The number of fused-ring (bicyclic) bond motifs is 1. The minimum absolute atomic E-state index is 0.106. The zero-order valence-corrected chi connectivity index (χ0v) is 23.2. The van der Waals surface area contributed by atoms with Gasteiger partial charge in [0, 0.05) is 43.9 Å². The summed E-state index contributed by atoms with van der Waals surface area (Å²) in [7, 11) is 0. The number of halogens is 5. The Bertz CT molecular complexity index is 1370. The van der Waals surface area contributed by atoms with Crippen LogP contribution in [0.15, 0.2) is 48.7 Å². The highest BCUT2D eigenvalue weighted by Crippen LogP contribution is 2.33. The number of amides is 1. The van der Waals surface area contributed by atoms with Crippen molar-refractivity contribution in [1.82, 2.24) is 14.8 Å². The third kappa shape index (κ3) is 6.65. The van der Waals surface area contributed by atoms with Gasteiger partial charge in [0.2, 0.25) is 0 Å². The van der Waals surface area contributed by atoms with Crippen molar-refractivity contribution in [2.24, 2.45) is 11.8 Å². The van der Waals surface area contributed by atoms with Crippen LogP contribution in [0.5, 0.6) is 5.75 Å². The highest BCUT2D eigenvalue weighted by atomic mass is 35.5. The summed E-state index contributed by atoms with van der Waals surface area (Å²) < 4.78 is 42.3. The maximum absolute atomic E-state index is 13.4. The van der Waals surface area contributed by atoms with Gasteiger partial charge in [-0.3, -0.25) is 14.7 Å². The number of benzene rings is 2. The molecule has 2 unspecified atom stereocenters. The molecule has 2 atom stereocenters. The van der Waals surface area contributed by atoms with Gasteiger partial charge in [-0.15, -0.1) is 13.2 Å². The molecule has 3 aromatic rings. The topological polar surface area (TPSA) is 65.9 Å². The maximum atomic E-state index is 13.4. The molecule has 3 heterocycles. The molecule has 2 aliphatic heterocycles. The first-order chi connectivity index (χ1) is 19.1. The number of hydrogen-bond acceptors (Lipinski definition) is 5. The molecule has 6 nitrogen and oxygen atoms in total. The van der Waals surface area contributed by atoms with Crippen molar-refractivity contribution in [2.75, 3.05) is 32.8 Å². The van der Waals surface area contributed by atoms with Gasteiger partial charge in [-0.1, -0.05) is 29.3 Å². The molecule has 1 amide bonds. The third-order valence-corrected chi connectivity index (χ3v) is 8.82. The average Bonchev–Trinajstić information content (AvgIpc) is 2.94. The summed E-state index contributed by atoms with van der Waals surface area (Å²) in [6.45, 7) is 2.89. The first kappa shape index (κ1) is 28.9. The van der Waals surface area contributed by atoms with E-state index in [2.05, 4.69) is 14.6 Å². The van der Waals surface area contributed by atoms with E-state index in [4.69, 9.17) is 23.2 Å². The van der Waals surface area contributed by atoms with Crippen LogP contribution in [-0.4, -0.2) is 71.0 Å². The summed E-state index contributed by atoms with van der Waals surface area (Å²) in [6.07, 6.45) is 0.0207. The highest BCUT2D eigenvalue weighted by molar-refractivity contribution is 6.42. The number of pyridine rings is 1. The van der Waals surface area contributed by atoms with Gasteiger partial charge in [0.1, 0.15) is 5.75 Å². The number of nitrogens with zero attached hydrogens (tertiary/aromatic N) is 3. The Morgan fingerprint density at radius 2 is 1.77 bits per heavy atom. The molecule has 0 aliphatic carbocycles. The van der Waals surface area contributed by atoms with E-state index in [1.54, 1.807) is 17.0 Å². The molecule has 2 aliphatic rings. The second kappa shape index (κ2) is 12.1. The van der Waals surface area contributed by atoms with Gasteiger partial charge in [0.05, 0.1) is 21.1 Å². The van der Waals surface area contributed by atoms with E-state index in [1.165, 1.54) is 24.4 Å². The van der Waals surface area contributed by atoms with Crippen molar-refractivity contribution < 1.29 is 27.8 Å². The molecule has 0 bridgehead atoms. The van der Waals surface area contributed by atoms with Crippen LogP contribution in [0.4, 0.5) is 13.2 Å². The quantitative estimate of drug-likeness (QED) is 0.366. The van der Waals surface area contributed by atoms with E-state index in [0.717, 1.165) is 44.3 Å². The number of aromatic nitrogens is 1. The molecular weight excluding hydrogens is 566 g/mol. The molecule has 0 spiro atoms. The highest BCUT2D eigenvalue weighted by Gasteiger charge is 2.35. The van der Waals surface area contributed by atoms with Gasteiger partial charge in [0.15, 0.2) is 0 Å². The molecular formula is C29H30Cl2F3N3O3. The fourth-order valence-electron chi connectivity index (χ4n) is 6.00. The molecule has 40 heavy (non-hydrogen) atoms. The van der Waals surface area contributed by atoms with Crippen LogP contribution in [0.25, 0.3) is 10.9 Å². The lowest BCUT2D eigenvalue weighted by molar-refractivity contribution is -0.274. The largest absolute Gasteiger partial charge is 0.573 e. The summed E-state index contributed by atoms with van der Waals surface area (Å²) >= 11 is 12.2. The summed E-state index contributed by atoms with van der Waals surface area (Å²) in [6, 6.07) is 11.3. The van der Waals surface area contributed by atoms with Crippen LogP contribution in [0.1, 0.15) is 35.2 Å². The average molecular weight is 596 g/mol. The van der Waals surface area contributed by atoms with Crippen molar-refractivity contribution in [1.29, 1.82) is 0 Å². The summed E-state index contributed by atoms with van der Waals surface area (Å²) in [5.74, 6) is -0.143. The Morgan fingerprint density at radius 1 is 1.00 bits per heavy atom. The molecule has 2 aromatic carbocycles. The Balaban J connectivity index is 1.20. The molecule has 214 valence electrons. The first-order valence-electron chi connectivity index (χ1n) is 13.3. The number of carbonyl (C=O) groups is 1. The minimum atomic E-state index is -4.82. The number of ether oxygens (including phenoxy) is 1. The Hall–Kier alpha value is -2.59. The molecule has 1 aromatic heterocycles. The Labute approximate surface area is 240 Å². The van der Waals surface area contributed by atoms with Crippen molar-refractivity contribution in [3.8, 4) is 5.75 Å². The lowest BCUT2D eigenvalue weighted by Gasteiger charge is -2.44. The van der Waals surface area contributed by atoms with Gasteiger partial charge >= 0.3 is 6.36 Å². The minimum Gasteiger partial charge on any atom is -0.406 e. The smallest absolute Gasteiger partial charge is 0.406 e. The van der Waals surface area contributed by atoms with Crippen molar-refractivity contribution in [2.45, 2.75) is 38.1 Å². The number of aliphatic hydroxyl groups is 1. The summed E-state index contributed by atoms with van der Waals surface area (Å²) in [4.78, 5) is 21.8. The Kier molecular flexibility index (Phi) is 8.75. The second-order valence-electron chi connectivity index (χ2n) is 10.5. The molecule has 2 fully saturated rings. The van der Waals surface area contributed by atoms with E-state index in [-0.39, 0.29) is 24.2 Å². The number of piperidine rings is 2. The fraction of sp³-hybridized carbons (Fsp3) is 0.448. The zero-order valence-electron chi connectivity index (χ0n) is 21.7. The predicted molar refractivity (Wildman–Crippen MR) is 148 cm³/mol. The lowest BCUT2D eigenvalue weighted by Crippen LogP contribution is -2.52. The van der Waals surface area contributed by atoms with Gasteiger partial charge in [0.25, 0.3) is 5.91 Å². The molecule has 2 saturated heterocycles. The van der Waals surface area contributed by atoms with Gasteiger partial charge < -0.3 is 14.7 Å². The normalized spacial score (nSPS) is 21.1. The van der Waals surface area contributed by atoms with Crippen LogP contribution in [0.2, 0.25) is 10.0 Å². The SMILES string of the molecule is O=C(c1ccnc2ccc(OC(F)(F)F)cc12)N1CCC(N2CCC(Cc3ccc(Cl)c(Cl)c3)C(CO)C2)CC1. The van der Waals surface area contributed by atoms with Crippen molar-refractivity contribution in [3.63, 3.8) is 0 Å². The summed E-state index contributed by atoms with van der Waals surface area (Å²) in [5, 5.41) is 11.5. The molecule has 1 N–H and O–H groups in total.